The lowest BCUT2D eigenvalue weighted by molar-refractivity contribution is -0.126. The fraction of sp³-hybridized carbons (Fsp3) is 0.300. The lowest BCUT2D eigenvalue weighted by atomic mass is 10.1. The smallest absolute Gasteiger partial charge is 0.324 e. The van der Waals surface area contributed by atoms with Crippen LogP contribution in [-0.4, -0.2) is 44.7 Å². The summed E-state index contributed by atoms with van der Waals surface area (Å²) in [6.45, 7) is 4.88. The molecule has 3 amide bonds. The number of hydrogen-bond donors (Lipinski definition) is 1. The highest BCUT2D eigenvalue weighted by Gasteiger charge is 2.31. The number of thioether (sulfide) groups is 1. The molecule has 4 rings (SSSR count). The van der Waals surface area contributed by atoms with Gasteiger partial charge in [0, 0.05) is 19.6 Å². The number of nitrogens with one attached hydrogen (secondary N) is 1. The van der Waals surface area contributed by atoms with E-state index in [2.05, 4.69) is 10.3 Å². The maximum atomic E-state index is 13.0. The van der Waals surface area contributed by atoms with Gasteiger partial charge < -0.3 is 5.32 Å². The van der Waals surface area contributed by atoms with Crippen LogP contribution in [0.1, 0.15) is 13.8 Å². The Hall–Kier alpha value is -2.87. The van der Waals surface area contributed by atoms with E-state index in [0.717, 1.165) is 10.8 Å². The lowest BCUT2D eigenvalue weighted by Gasteiger charge is -2.19. The number of fused-ring (bicyclic) bond motifs is 2. The first-order valence-electron chi connectivity index (χ1n) is 9.19. The molecule has 2 aromatic carbocycles. The Morgan fingerprint density at radius 3 is 2.61 bits per heavy atom. The largest absolute Gasteiger partial charge is 0.336 e. The van der Waals surface area contributed by atoms with Gasteiger partial charge in [-0.3, -0.25) is 19.1 Å². The fourth-order valence-electron chi connectivity index (χ4n) is 3.37. The Kier molecular flexibility index (Phi) is 4.80. The number of benzene rings is 2. The monoisotopic (exact) mass is 396 g/mol. The maximum absolute atomic E-state index is 13.0. The van der Waals surface area contributed by atoms with Gasteiger partial charge in [-0.1, -0.05) is 36.0 Å². The van der Waals surface area contributed by atoms with Gasteiger partial charge in [-0.25, -0.2) is 9.78 Å². The minimum atomic E-state index is -0.536. The lowest BCUT2D eigenvalue weighted by Crippen LogP contribution is -2.39. The highest BCUT2D eigenvalue weighted by atomic mass is 32.2. The zero-order chi connectivity index (χ0) is 19.8. The van der Waals surface area contributed by atoms with Gasteiger partial charge in [0.05, 0.1) is 16.2 Å². The van der Waals surface area contributed by atoms with Crippen molar-refractivity contribution in [2.24, 2.45) is 0 Å². The van der Waals surface area contributed by atoms with Crippen molar-refractivity contribution in [3.63, 3.8) is 0 Å². The quantitative estimate of drug-likeness (QED) is 0.416. The maximum Gasteiger partial charge on any atom is 0.324 e. The van der Waals surface area contributed by atoms with Crippen molar-refractivity contribution >= 4 is 45.4 Å². The zero-order valence-corrected chi connectivity index (χ0v) is 16.5. The summed E-state index contributed by atoms with van der Waals surface area (Å²) in [6.07, 6.45) is 0. The van der Waals surface area contributed by atoms with Gasteiger partial charge in [-0.15, -0.1) is 0 Å². The average Bonchev–Trinajstić information content (AvgIpc) is 3.12. The van der Waals surface area contributed by atoms with Crippen LogP contribution in [0.5, 0.6) is 0 Å². The van der Waals surface area contributed by atoms with Crippen molar-refractivity contribution in [2.75, 3.05) is 13.1 Å². The number of imide groups is 1. The summed E-state index contributed by atoms with van der Waals surface area (Å²) < 4.78 is 1.58. The SMILES string of the molecule is CCn1c(S[C@@H](C)C(=O)N2CCNC2=O)nc2cc3ccccc3cc2c1=O. The third kappa shape index (κ3) is 3.13. The van der Waals surface area contributed by atoms with Gasteiger partial charge in [0.2, 0.25) is 5.91 Å². The molecule has 1 aliphatic rings. The molecule has 7 nitrogen and oxygen atoms in total. The summed E-state index contributed by atoms with van der Waals surface area (Å²) in [6, 6.07) is 11.2. The van der Waals surface area contributed by atoms with E-state index in [-0.39, 0.29) is 17.5 Å². The van der Waals surface area contributed by atoms with Crippen LogP contribution in [0.15, 0.2) is 46.3 Å². The van der Waals surface area contributed by atoms with E-state index in [9.17, 15) is 14.4 Å². The number of aromatic nitrogens is 2. The summed E-state index contributed by atoms with van der Waals surface area (Å²) in [4.78, 5) is 43.3. The Balaban J connectivity index is 1.75. The van der Waals surface area contributed by atoms with Gasteiger partial charge in [-0.2, -0.15) is 0 Å². The van der Waals surface area contributed by atoms with Crippen molar-refractivity contribution in [3.05, 3.63) is 46.8 Å². The van der Waals surface area contributed by atoms with Crippen LogP contribution in [0, 0.1) is 0 Å². The van der Waals surface area contributed by atoms with Crippen LogP contribution in [0.25, 0.3) is 21.7 Å². The Bertz CT molecular complexity index is 1160. The van der Waals surface area contributed by atoms with Gasteiger partial charge in [0.15, 0.2) is 5.16 Å². The van der Waals surface area contributed by atoms with E-state index in [1.54, 1.807) is 11.5 Å². The van der Waals surface area contributed by atoms with E-state index >= 15 is 0 Å². The van der Waals surface area contributed by atoms with E-state index in [0.29, 0.717) is 35.7 Å². The molecule has 2 heterocycles. The predicted octanol–water partition coefficient (Wildman–Crippen LogP) is 2.60. The van der Waals surface area contributed by atoms with Crippen molar-refractivity contribution in [1.29, 1.82) is 0 Å². The molecule has 1 atom stereocenters. The molecular weight excluding hydrogens is 376 g/mol. The van der Waals surface area contributed by atoms with E-state index in [1.807, 2.05) is 43.3 Å². The van der Waals surface area contributed by atoms with Crippen molar-refractivity contribution < 1.29 is 9.59 Å². The number of hydrogen-bond acceptors (Lipinski definition) is 5. The summed E-state index contributed by atoms with van der Waals surface area (Å²) in [5.41, 5.74) is 0.480. The molecule has 0 saturated carbocycles. The molecular formula is C20H20N4O3S. The third-order valence-corrected chi connectivity index (χ3v) is 5.93. The highest BCUT2D eigenvalue weighted by Crippen LogP contribution is 2.26. The van der Waals surface area contributed by atoms with Crippen LogP contribution in [0.3, 0.4) is 0 Å². The highest BCUT2D eigenvalue weighted by molar-refractivity contribution is 8.00. The molecule has 0 aliphatic carbocycles. The molecule has 1 aromatic heterocycles. The summed E-state index contributed by atoms with van der Waals surface area (Å²) >= 11 is 1.21. The predicted molar refractivity (Wildman–Crippen MR) is 110 cm³/mol. The van der Waals surface area contributed by atoms with Crippen LogP contribution in [-0.2, 0) is 11.3 Å². The Morgan fingerprint density at radius 2 is 1.96 bits per heavy atom. The number of amides is 3. The number of carbonyl (C=O) groups is 2. The number of rotatable bonds is 4. The van der Waals surface area contributed by atoms with Crippen molar-refractivity contribution in [3.8, 4) is 0 Å². The minimum Gasteiger partial charge on any atom is -0.336 e. The fourth-order valence-corrected chi connectivity index (χ4v) is 4.40. The van der Waals surface area contributed by atoms with Crippen LogP contribution in [0.2, 0.25) is 0 Å². The molecule has 0 bridgehead atoms. The first-order valence-corrected chi connectivity index (χ1v) is 10.1. The molecule has 0 radical (unpaired) electrons. The molecule has 1 aliphatic heterocycles. The number of urea groups is 1. The van der Waals surface area contributed by atoms with E-state index < -0.39 is 5.25 Å². The van der Waals surface area contributed by atoms with Crippen LogP contribution >= 0.6 is 11.8 Å². The molecule has 3 aromatic rings. The molecule has 144 valence electrons. The van der Waals surface area contributed by atoms with Gasteiger partial charge in [0.1, 0.15) is 0 Å². The molecule has 1 N–H and O–H groups in total. The summed E-state index contributed by atoms with van der Waals surface area (Å²) in [5.74, 6) is -0.282. The average molecular weight is 396 g/mol. The van der Waals surface area contributed by atoms with Crippen LogP contribution < -0.4 is 10.9 Å². The van der Waals surface area contributed by atoms with Gasteiger partial charge >= 0.3 is 6.03 Å². The second-order valence-corrected chi connectivity index (χ2v) is 7.95. The third-order valence-electron chi connectivity index (χ3n) is 4.86. The van der Waals surface area contributed by atoms with E-state index in [1.165, 1.54) is 16.7 Å². The normalized spacial score (nSPS) is 15.2. The van der Waals surface area contributed by atoms with Gasteiger partial charge in [-0.05, 0) is 36.8 Å². The molecule has 1 fully saturated rings. The molecule has 8 heteroatoms. The standard InChI is InChI=1S/C20H20N4O3S/c1-3-23-18(26)15-10-13-6-4-5-7-14(13)11-16(15)22-20(23)28-12(2)17(25)24-9-8-21-19(24)27/h4-7,10-12H,3,8-9H2,1-2H3,(H,21,27)/t12-/m0/s1. The zero-order valence-electron chi connectivity index (χ0n) is 15.6. The van der Waals surface area contributed by atoms with Gasteiger partial charge in [0.25, 0.3) is 5.56 Å². The van der Waals surface area contributed by atoms with Crippen molar-refractivity contribution in [1.82, 2.24) is 19.8 Å². The number of nitrogens with zero attached hydrogens (tertiary/aromatic N) is 3. The Morgan fingerprint density at radius 1 is 1.25 bits per heavy atom. The molecule has 1 saturated heterocycles. The first-order chi connectivity index (χ1) is 13.5. The molecule has 0 unspecified atom stereocenters. The van der Waals surface area contributed by atoms with Crippen molar-refractivity contribution in [2.45, 2.75) is 30.8 Å². The summed E-state index contributed by atoms with van der Waals surface area (Å²) in [5, 5.41) is 5.12. The second kappa shape index (κ2) is 7.27. The topological polar surface area (TPSA) is 84.3 Å². The molecule has 0 spiro atoms. The molecule has 28 heavy (non-hydrogen) atoms. The van der Waals surface area contributed by atoms with Crippen LogP contribution in [0.4, 0.5) is 4.79 Å². The number of carbonyl (C=O) groups excluding carboxylic acids is 2. The first kappa shape index (κ1) is 18.5. The minimum absolute atomic E-state index is 0.126. The van der Waals surface area contributed by atoms with E-state index in [4.69, 9.17) is 0 Å². The second-order valence-electron chi connectivity index (χ2n) is 6.64. The Labute approximate surface area is 165 Å². The summed E-state index contributed by atoms with van der Waals surface area (Å²) in [7, 11) is 0.